The van der Waals surface area contributed by atoms with Crippen molar-refractivity contribution in [1.82, 2.24) is 4.90 Å². The van der Waals surface area contributed by atoms with E-state index in [1.807, 2.05) is 13.8 Å². The van der Waals surface area contributed by atoms with Gasteiger partial charge in [-0.1, -0.05) is 0 Å². The van der Waals surface area contributed by atoms with E-state index in [9.17, 15) is 0 Å². The fourth-order valence-corrected chi connectivity index (χ4v) is 1.67. The van der Waals surface area contributed by atoms with E-state index in [2.05, 4.69) is 16.8 Å². The summed E-state index contributed by atoms with van der Waals surface area (Å²) in [7, 11) is 2.07. The van der Waals surface area contributed by atoms with Crippen molar-refractivity contribution in [3.05, 3.63) is 11.4 Å². The Morgan fingerprint density at radius 1 is 1.62 bits per heavy atom. The Bertz CT molecular complexity index is 198. The fourth-order valence-electron chi connectivity index (χ4n) is 1.67. The third-order valence-electron chi connectivity index (χ3n) is 2.55. The third-order valence-corrected chi connectivity index (χ3v) is 2.55. The molecular weight excluding hydrogens is 164 g/mol. The van der Waals surface area contributed by atoms with Gasteiger partial charge in [-0.05, 0) is 20.9 Å². The number of ether oxygens (including phenoxy) is 1. The molecular formula is C10H18N2O. The van der Waals surface area contributed by atoms with Crippen LogP contribution in [0.5, 0.6) is 0 Å². The average Bonchev–Trinajstić information content (AvgIpc) is 2.43. The van der Waals surface area contributed by atoms with Crippen molar-refractivity contribution >= 4 is 0 Å². The molecule has 1 aliphatic rings. The Morgan fingerprint density at radius 2 is 2.31 bits per heavy atom. The van der Waals surface area contributed by atoms with E-state index in [1.165, 1.54) is 0 Å². The van der Waals surface area contributed by atoms with Crippen LogP contribution in [0.4, 0.5) is 0 Å². The molecule has 0 aromatic heterocycles. The lowest BCUT2D eigenvalue weighted by molar-refractivity contribution is 0.0421. The standard InChI is InChI=1S/C10H18N2O/c1-8(2)13-7-10-9(11-3)5-6-12(10)4/h8-10H,5-7H2,1-2,4H3. The maximum atomic E-state index is 7.05. The van der Waals surface area contributed by atoms with Gasteiger partial charge in [0.05, 0.1) is 12.7 Å². The summed E-state index contributed by atoms with van der Waals surface area (Å²) < 4.78 is 5.54. The Hall–Kier alpha value is -0.590. The summed E-state index contributed by atoms with van der Waals surface area (Å²) in [6.07, 6.45) is 1.26. The Morgan fingerprint density at radius 3 is 2.85 bits per heavy atom. The number of hydrogen-bond donors (Lipinski definition) is 0. The van der Waals surface area contributed by atoms with Crippen LogP contribution < -0.4 is 0 Å². The largest absolute Gasteiger partial charge is 0.377 e. The molecule has 0 spiro atoms. The molecule has 0 aromatic rings. The van der Waals surface area contributed by atoms with Gasteiger partial charge in [-0.15, -0.1) is 0 Å². The zero-order chi connectivity index (χ0) is 9.84. The quantitative estimate of drug-likeness (QED) is 0.614. The highest BCUT2D eigenvalue weighted by Gasteiger charge is 2.36. The van der Waals surface area contributed by atoms with Crippen LogP contribution in [0.25, 0.3) is 4.85 Å². The predicted molar refractivity (Wildman–Crippen MR) is 52.5 cm³/mol. The lowest BCUT2D eigenvalue weighted by Crippen LogP contribution is -2.36. The molecule has 2 unspecified atom stereocenters. The van der Waals surface area contributed by atoms with Gasteiger partial charge in [0.2, 0.25) is 6.04 Å². The molecule has 1 fully saturated rings. The van der Waals surface area contributed by atoms with Gasteiger partial charge in [0.1, 0.15) is 6.04 Å². The molecule has 74 valence electrons. The highest BCUT2D eigenvalue weighted by Crippen LogP contribution is 2.19. The minimum absolute atomic E-state index is 0.142. The van der Waals surface area contributed by atoms with Gasteiger partial charge in [-0.25, -0.2) is 6.57 Å². The van der Waals surface area contributed by atoms with Gasteiger partial charge in [0.25, 0.3) is 0 Å². The molecule has 1 heterocycles. The number of likely N-dealkylation sites (N-methyl/N-ethyl adjacent to an activating group) is 1. The maximum Gasteiger partial charge on any atom is 0.242 e. The predicted octanol–water partition coefficient (Wildman–Crippen LogP) is 1.40. The zero-order valence-corrected chi connectivity index (χ0v) is 8.66. The summed E-state index contributed by atoms with van der Waals surface area (Å²) in [5.41, 5.74) is 0. The molecule has 0 bridgehead atoms. The van der Waals surface area contributed by atoms with Crippen molar-refractivity contribution in [3.63, 3.8) is 0 Å². The van der Waals surface area contributed by atoms with E-state index in [1.54, 1.807) is 0 Å². The zero-order valence-electron chi connectivity index (χ0n) is 8.66. The first-order valence-electron chi connectivity index (χ1n) is 4.83. The fraction of sp³-hybridized carbons (Fsp3) is 0.900. The first kappa shape index (κ1) is 10.5. The number of nitrogens with zero attached hydrogens (tertiary/aromatic N) is 2. The van der Waals surface area contributed by atoms with Gasteiger partial charge in [0.15, 0.2) is 0 Å². The van der Waals surface area contributed by atoms with Gasteiger partial charge in [-0.3, -0.25) is 4.90 Å². The first-order valence-corrected chi connectivity index (χ1v) is 4.83. The van der Waals surface area contributed by atoms with E-state index in [4.69, 9.17) is 11.3 Å². The van der Waals surface area contributed by atoms with Crippen molar-refractivity contribution in [3.8, 4) is 0 Å². The monoisotopic (exact) mass is 182 g/mol. The molecule has 0 aliphatic carbocycles. The third kappa shape index (κ3) is 2.68. The SMILES string of the molecule is [C-]#[N+]C1CCN(C)C1COC(C)C. The average molecular weight is 182 g/mol. The number of hydrogen-bond acceptors (Lipinski definition) is 2. The smallest absolute Gasteiger partial charge is 0.242 e. The number of likely N-dealkylation sites (tertiary alicyclic amines) is 1. The van der Waals surface area contributed by atoms with Crippen molar-refractivity contribution in [2.24, 2.45) is 0 Å². The summed E-state index contributed by atoms with van der Waals surface area (Å²) in [4.78, 5) is 5.85. The van der Waals surface area contributed by atoms with Gasteiger partial charge in [-0.2, -0.15) is 0 Å². The molecule has 1 saturated heterocycles. The van der Waals surface area contributed by atoms with Gasteiger partial charge in [0, 0.05) is 13.0 Å². The highest BCUT2D eigenvalue weighted by atomic mass is 16.5. The highest BCUT2D eigenvalue weighted by molar-refractivity contribution is 4.97. The van der Waals surface area contributed by atoms with Crippen LogP contribution in [-0.2, 0) is 4.74 Å². The summed E-state index contributed by atoms with van der Waals surface area (Å²) in [6, 6.07) is 0.448. The second-order valence-corrected chi connectivity index (χ2v) is 3.92. The Balaban J connectivity index is 2.41. The second kappa shape index (κ2) is 4.59. The van der Waals surface area contributed by atoms with Crippen LogP contribution in [0.15, 0.2) is 0 Å². The summed E-state index contributed by atoms with van der Waals surface area (Å²) in [5.74, 6) is 0. The van der Waals surface area contributed by atoms with Crippen molar-refractivity contribution in [2.45, 2.75) is 38.5 Å². The van der Waals surface area contributed by atoms with Crippen LogP contribution in [0.1, 0.15) is 20.3 Å². The Labute approximate surface area is 80.5 Å². The minimum Gasteiger partial charge on any atom is -0.377 e. The van der Waals surface area contributed by atoms with Crippen molar-refractivity contribution in [1.29, 1.82) is 0 Å². The number of rotatable bonds is 3. The van der Waals surface area contributed by atoms with Crippen LogP contribution in [0.3, 0.4) is 0 Å². The lowest BCUT2D eigenvalue weighted by atomic mass is 10.1. The Kier molecular flexibility index (Phi) is 3.71. The van der Waals surface area contributed by atoms with Crippen molar-refractivity contribution in [2.75, 3.05) is 20.2 Å². The van der Waals surface area contributed by atoms with Crippen LogP contribution in [0, 0.1) is 6.57 Å². The van der Waals surface area contributed by atoms with Crippen LogP contribution in [0.2, 0.25) is 0 Å². The topological polar surface area (TPSA) is 16.8 Å². The van der Waals surface area contributed by atoms with Crippen molar-refractivity contribution < 1.29 is 4.74 Å². The molecule has 1 aliphatic heterocycles. The van der Waals surface area contributed by atoms with E-state index < -0.39 is 0 Å². The molecule has 0 N–H and O–H groups in total. The van der Waals surface area contributed by atoms with E-state index in [0.717, 1.165) is 13.0 Å². The van der Waals surface area contributed by atoms with Gasteiger partial charge >= 0.3 is 0 Å². The second-order valence-electron chi connectivity index (χ2n) is 3.92. The normalized spacial score (nSPS) is 29.5. The maximum absolute atomic E-state index is 7.05. The molecule has 13 heavy (non-hydrogen) atoms. The molecule has 3 heteroatoms. The summed E-state index contributed by atoms with van der Waals surface area (Å²) >= 11 is 0. The minimum atomic E-state index is 0.142. The molecule has 2 atom stereocenters. The molecule has 1 rings (SSSR count). The molecule has 0 saturated carbocycles. The molecule has 0 amide bonds. The lowest BCUT2D eigenvalue weighted by Gasteiger charge is -2.20. The van der Waals surface area contributed by atoms with Gasteiger partial charge < -0.3 is 9.58 Å². The van der Waals surface area contributed by atoms with E-state index >= 15 is 0 Å². The summed E-state index contributed by atoms with van der Waals surface area (Å²) in [5, 5.41) is 0. The van der Waals surface area contributed by atoms with Crippen LogP contribution >= 0.6 is 0 Å². The van der Waals surface area contributed by atoms with Crippen LogP contribution in [-0.4, -0.2) is 43.3 Å². The summed E-state index contributed by atoms with van der Waals surface area (Å²) in [6.45, 7) is 12.8. The molecule has 3 nitrogen and oxygen atoms in total. The molecule has 0 aromatic carbocycles. The molecule has 0 radical (unpaired) electrons. The first-order chi connectivity index (χ1) is 6.15. The van der Waals surface area contributed by atoms with E-state index in [0.29, 0.717) is 12.6 Å². The van der Waals surface area contributed by atoms with E-state index in [-0.39, 0.29) is 12.1 Å².